The molecule has 0 bridgehead atoms. The molecule has 164 valence electrons. The third kappa shape index (κ3) is 4.46. The van der Waals surface area contributed by atoms with Gasteiger partial charge in [0.2, 0.25) is 11.9 Å². The summed E-state index contributed by atoms with van der Waals surface area (Å²) in [6, 6.07) is 6.27. The van der Waals surface area contributed by atoms with Crippen molar-refractivity contribution in [2.75, 3.05) is 10.6 Å². The Balaban J connectivity index is 1.53. The first-order chi connectivity index (χ1) is 15.1. The summed E-state index contributed by atoms with van der Waals surface area (Å²) in [5.74, 6) is 2.22. The second-order valence-corrected chi connectivity index (χ2v) is 9.84. The van der Waals surface area contributed by atoms with Gasteiger partial charge in [-0.15, -0.1) is 0 Å². The average molecular weight is 459 g/mol. The highest BCUT2D eigenvalue weighted by atomic mass is 35.5. The molecule has 2 aliphatic carbocycles. The van der Waals surface area contributed by atoms with Gasteiger partial charge in [0.1, 0.15) is 5.52 Å². The molecule has 6 nitrogen and oxygen atoms in total. The van der Waals surface area contributed by atoms with Gasteiger partial charge in [-0.05, 0) is 62.6 Å². The van der Waals surface area contributed by atoms with E-state index in [9.17, 15) is 0 Å². The molecule has 1 aromatic carbocycles. The predicted octanol–water partition coefficient (Wildman–Crippen LogP) is 6.98. The van der Waals surface area contributed by atoms with E-state index in [4.69, 9.17) is 33.2 Å². The summed E-state index contributed by atoms with van der Waals surface area (Å²) in [7, 11) is 0. The third-order valence-corrected chi connectivity index (χ3v) is 7.20. The maximum Gasteiger partial charge on any atom is 0.224 e. The van der Waals surface area contributed by atoms with Crippen LogP contribution in [0.3, 0.4) is 0 Å². The van der Waals surface area contributed by atoms with Crippen molar-refractivity contribution in [3.8, 4) is 0 Å². The Morgan fingerprint density at radius 2 is 1.77 bits per heavy atom. The zero-order valence-corrected chi connectivity index (χ0v) is 19.3. The van der Waals surface area contributed by atoms with Crippen LogP contribution >= 0.6 is 23.2 Å². The van der Waals surface area contributed by atoms with E-state index in [1.165, 1.54) is 38.5 Å². The number of imidazole rings is 1. The SMILES string of the molecule is C[C@H]1CC[C@@H](n2c(Nc3ccc(Cl)cc3Cl)nc3cnc(NC4CCCC4)nc32)CC1. The van der Waals surface area contributed by atoms with E-state index < -0.39 is 0 Å². The minimum atomic E-state index is 0.351. The van der Waals surface area contributed by atoms with E-state index in [2.05, 4.69) is 27.1 Å². The topological polar surface area (TPSA) is 67.7 Å². The summed E-state index contributed by atoms with van der Waals surface area (Å²) in [5, 5.41) is 8.13. The molecule has 0 atom stereocenters. The van der Waals surface area contributed by atoms with Gasteiger partial charge in [0, 0.05) is 17.1 Å². The fourth-order valence-corrected chi connectivity index (χ4v) is 5.31. The Kier molecular flexibility index (Phi) is 5.93. The number of nitrogens with one attached hydrogen (secondary N) is 2. The lowest BCUT2D eigenvalue weighted by atomic mass is 9.87. The van der Waals surface area contributed by atoms with Crippen LogP contribution in [0.4, 0.5) is 17.6 Å². The summed E-state index contributed by atoms with van der Waals surface area (Å²) in [6.07, 6.45) is 11.4. The fraction of sp³-hybridized carbons (Fsp3) is 0.522. The number of fused-ring (bicyclic) bond motifs is 1. The van der Waals surface area contributed by atoms with Gasteiger partial charge < -0.3 is 10.6 Å². The standard InChI is InChI=1S/C23H28Cl2N6/c1-14-6-9-17(10-7-14)31-21-20(13-26-22(30-21)27-16-4-2-3-5-16)29-23(31)28-19-11-8-15(24)12-18(19)25/h8,11-14,16-17H,2-7,9-10H2,1H3,(H,28,29)(H,26,27,30)/t14-,17+. The number of aromatic nitrogens is 4. The monoisotopic (exact) mass is 458 g/mol. The van der Waals surface area contributed by atoms with Crippen LogP contribution in [-0.2, 0) is 0 Å². The first kappa shape index (κ1) is 20.8. The summed E-state index contributed by atoms with van der Waals surface area (Å²) in [6.45, 7) is 2.33. The molecule has 3 aromatic rings. The number of benzene rings is 1. The van der Waals surface area contributed by atoms with Gasteiger partial charge in [-0.25, -0.2) is 9.97 Å². The molecule has 2 saturated carbocycles. The van der Waals surface area contributed by atoms with Gasteiger partial charge in [-0.2, -0.15) is 4.98 Å². The van der Waals surface area contributed by atoms with Crippen LogP contribution in [0.15, 0.2) is 24.4 Å². The van der Waals surface area contributed by atoms with Crippen molar-refractivity contribution in [3.05, 3.63) is 34.4 Å². The third-order valence-electron chi connectivity index (χ3n) is 6.65. The number of hydrogen-bond acceptors (Lipinski definition) is 5. The first-order valence-electron chi connectivity index (χ1n) is 11.3. The van der Waals surface area contributed by atoms with Crippen molar-refractivity contribution in [2.24, 2.45) is 5.92 Å². The maximum atomic E-state index is 6.43. The molecular weight excluding hydrogens is 431 g/mol. The molecule has 2 aliphatic rings. The Hall–Kier alpha value is -2.05. The summed E-state index contributed by atoms with van der Waals surface area (Å²) >= 11 is 12.5. The smallest absolute Gasteiger partial charge is 0.224 e. The molecule has 0 amide bonds. The van der Waals surface area contributed by atoms with Gasteiger partial charge in [0.25, 0.3) is 0 Å². The quantitative estimate of drug-likeness (QED) is 0.431. The zero-order chi connectivity index (χ0) is 21.4. The second-order valence-electron chi connectivity index (χ2n) is 9.00. The number of halogens is 2. The second kappa shape index (κ2) is 8.83. The highest BCUT2D eigenvalue weighted by Gasteiger charge is 2.26. The normalized spacial score (nSPS) is 22.2. The maximum absolute atomic E-state index is 6.43. The van der Waals surface area contributed by atoms with Crippen molar-refractivity contribution < 1.29 is 0 Å². The van der Waals surface area contributed by atoms with Crippen LogP contribution in [0.1, 0.15) is 64.3 Å². The van der Waals surface area contributed by atoms with Crippen LogP contribution < -0.4 is 10.6 Å². The van der Waals surface area contributed by atoms with Crippen LogP contribution in [0.25, 0.3) is 11.2 Å². The van der Waals surface area contributed by atoms with E-state index >= 15 is 0 Å². The van der Waals surface area contributed by atoms with Crippen LogP contribution in [0, 0.1) is 5.92 Å². The van der Waals surface area contributed by atoms with E-state index in [0.29, 0.717) is 28.1 Å². The van der Waals surface area contributed by atoms with Gasteiger partial charge in [0.15, 0.2) is 5.65 Å². The molecule has 0 saturated heterocycles. The number of rotatable bonds is 5. The number of anilines is 3. The van der Waals surface area contributed by atoms with Gasteiger partial charge in [0.05, 0.1) is 16.9 Å². The van der Waals surface area contributed by atoms with E-state index in [1.54, 1.807) is 6.07 Å². The van der Waals surface area contributed by atoms with Crippen LogP contribution in [0.2, 0.25) is 10.0 Å². The molecule has 2 N–H and O–H groups in total. The largest absolute Gasteiger partial charge is 0.351 e. The molecule has 8 heteroatoms. The molecule has 0 spiro atoms. The van der Waals surface area contributed by atoms with E-state index in [1.807, 2.05) is 18.3 Å². The molecular formula is C23H28Cl2N6. The molecule has 0 unspecified atom stereocenters. The van der Waals surface area contributed by atoms with E-state index in [-0.39, 0.29) is 0 Å². The molecule has 2 heterocycles. The molecule has 0 radical (unpaired) electrons. The van der Waals surface area contributed by atoms with Crippen molar-refractivity contribution >= 4 is 51.9 Å². The molecule has 2 fully saturated rings. The highest BCUT2D eigenvalue weighted by molar-refractivity contribution is 6.36. The van der Waals surface area contributed by atoms with Gasteiger partial charge in [-0.3, -0.25) is 4.57 Å². The van der Waals surface area contributed by atoms with Crippen molar-refractivity contribution in [2.45, 2.75) is 70.4 Å². The lowest BCUT2D eigenvalue weighted by Crippen LogP contribution is -2.19. The number of nitrogens with zero attached hydrogens (tertiary/aromatic N) is 4. The molecule has 5 rings (SSSR count). The Morgan fingerprint density at radius 1 is 1.00 bits per heavy atom. The van der Waals surface area contributed by atoms with Crippen molar-refractivity contribution in [1.29, 1.82) is 0 Å². The lowest BCUT2D eigenvalue weighted by Gasteiger charge is -2.28. The van der Waals surface area contributed by atoms with E-state index in [0.717, 1.165) is 41.6 Å². The molecule has 2 aromatic heterocycles. The Bertz CT molecular complexity index is 1070. The Labute approximate surface area is 192 Å². The minimum Gasteiger partial charge on any atom is -0.351 e. The minimum absolute atomic E-state index is 0.351. The summed E-state index contributed by atoms with van der Waals surface area (Å²) in [5.41, 5.74) is 2.45. The average Bonchev–Trinajstić information content (AvgIpc) is 3.38. The highest BCUT2D eigenvalue weighted by Crippen LogP contribution is 2.38. The van der Waals surface area contributed by atoms with Crippen molar-refractivity contribution in [1.82, 2.24) is 19.5 Å². The van der Waals surface area contributed by atoms with Crippen LogP contribution in [-0.4, -0.2) is 25.6 Å². The summed E-state index contributed by atoms with van der Waals surface area (Å²) in [4.78, 5) is 14.3. The summed E-state index contributed by atoms with van der Waals surface area (Å²) < 4.78 is 2.26. The first-order valence-corrected chi connectivity index (χ1v) is 12.1. The lowest BCUT2D eigenvalue weighted by molar-refractivity contribution is 0.295. The fourth-order valence-electron chi connectivity index (χ4n) is 4.86. The molecule has 0 aliphatic heterocycles. The predicted molar refractivity (Wildman–Crippen MR) is 128 cm³/mol. The van der Waals surface area contributed by atoms with Gasteiger partial charge in [-0.1, -0.05) is 43.0 Å². The molecule has 31 heavy (non-hydrogen) atoms. The number of hydrogen-bond donors (Lipinski definition) is 2. The Morgan fingerprint density at radius 3 is 2.52 bits per heavy atom. The zero-order valence-electron chi connectivity index (χ0n) is 17.7. The van der Waals surface area contributed by atoms with Crippen LogP contribution in [0.5, 0.6) is 0 Å². The van der Waals surface area contributed by atoms with Gasteiger partial charge >= 0.3 is 0 Å². The van der Waals surface area contributed by atoms with Crippen molar-refractivity contribution in [3.63, 3.8) is 0 Å².